The molecular formula is C16H29N5O. The van der Waals surface area contributed by atoms with E-state index in [1.54, 1.807) is 0 Å². The number of nitrogens with zero attached hydrogens (tertiary/aromatic N) is 3. The van der Waals surface area contributed by atoms with Crippen LogP contribution >= 0.6 is 0 Å². The molecule has 1 fully saturated rings. The number of ether oxygens (including phenoxy) is 1. The minimum Gasteiger partial charge on any atom is -0.373 e. The Bertz CT molecular complexity index is 477. The first-order chi connectivity index (χ1) is 10.6. The van der Waals surface area contributed by atoms with Crippen LogP contribution in [0.15, 0.2) is 17.4 Å². The van der Waals surface area contributed by atoms with Crippen molar-refractivity contribution >= 4 is 5.96 Å². The molecule has 0 spiro atoms. The Morgan fingerprint density at radius 3 is 3.00 bits per heavy atom. The van der Waals surface area contributed by atoms with Gasteiger partial charge in [0.25, 0.3) is 0 Å². The van der Waals surface area contributed by atoms with Gasteiger partial charge in [-0.3, -0.25) is 9.67 Å². The Balaban J connectivity index is 1.73. The SMILES string of the molecule is CCNC(=NCC1(C)CCCO1)NCCCc1cnn(C)c1. The maximum absolute atomic E-state index is 5.78. The zero-order valence-corrected chi connectivity index (χ0v) is 14.1. The lowest BCUT2D eigenvalue weighted by Gasteiger charge is -2.21. The minimum atomic E-state index is -0.0853. The van der Waals surface area contributed by atoms with Crippen LogP contribution in [0.5, 0.6) is 0 Å². The van der Waals surface area contributed by atoms with Crippen molar-refractivity contribution in [2.75, 3.05) is 26.2 Å². The second-order valence-corrected chi connectivity index (χ2v) is 6.15. The summed E-state index contributed by atoms with van der Waals surface area (Å²) in [4.78, 5) is 4.67. The molecule has 1 unspecified atom stereocenters. The second kappa shape index (κ2) is 8.17. The quantitative estimate of drug-likeness (QED) is 0.455. The summed E-state index contributed by atoms with van der Waals surface area (Å²) < 4.78 is 7.63. The molecule has 1 aromatic rings. The molecule has 1 saturated heterocycles. The normalized spacial score (nSPS) is 22.0. The number of aliphatic imine (C=N–C) groups is 1. The summed E-state index contributed by atoms with van der Waals surface area (Å²) in [7, 11) is 1.95. The molecule has 124 valence electrons. The van der Waals surface area contributed by atoms with Crippen molar-refractivity contribution in [2.45, 2.75) is 45.1 Å². The van der Waals surface area contributed by atoms with Crippen molar-refractivity contribution < 1.29 is 4.74 Å². The molecule has 0 bridgehead atoms. The van der Waals surface area contributed by atoms with E-state index in [1.165, 1.54) is 5.56 Å². The number of hydrogen-bond donors (Lipinski definition) is 2. The summed E-state index contributed by atoms with van der Waals surface area (Å²) in [5, 5.41) is 10.9. The fourth-order valence-corrected chi connectivity index (χ4v) is 2.65. The topological polar surface area (TPSA) is 63.5 Å². The number of aryl methyl sites for hydroxylation is 2. The van der Waals surface area contributed by atoms with Crippen molar-refractivity contribution in [3.05, 3.63) is 18.0 Å². The van der Waals surface area contributed by atoms with Crippen LogP contribution in [0.4, 0.5) is 0 Å². The fourth-order valence-electron chi connectivity index (χ4n) is 2.65. The van der Waals surface area contributed by atoms with E-state index in [0.29, 0.717) is 6.54 Å². The Kier molecular flexibility index (Phi) is 6.24. The van der Waals surface area contributed by atoms with E-state index in [1.807, 2.05) is 17.9 Å². The third kappa shape index (κ3) is 5.33. The smallest absolute Gasteiger partial charge is 0.191 e. The molecule has 0 aliphatic carbocycles. The van der Waals surface area contributed by atoms with E-state index < -0.39 is 0 Å². The Morgan fingerprint density at radius 1 is 1.50 bits per heavy atom. The van der Waals surface area contributed by atoms with E-state index >= 15 is 0 Å². The summed E-state index contributed by atoms with van der Waals surface area (Å²) in [5.74, 6) is 0.880. The van der Waals surface area contributed by atoms with Gasteiger partial charge >= 0.3 is 0 Å². The maximum atomic E-state index is 5.78. The van der Waals surface area contributed by atoms with Gasteiger partial charge < -0.3 is 15.4 Å². The van der Waals surface area contributed by atoms with Crippen LogP contribution in [0, 0.1) is 0 Å². The van der Waals surface area contributed by atoms with Gasteiger partial charge in [-0.1, -0.05) is 0 Å². The van der Waals surface area contributed by atoms with Gasteiger partial charge in [-0.05, 0) is 45.1 Å². The highest BCUT2D eigenvalue weighted by Gasteiger charge is 2.29. The lowest BCUT2D eigenvalue weighted by molar-refractivity contribution is 0.0283. The minimum absolute atomic E-state index is 0.0853. The van der Waals surface area contributed by atoms with Gasteiger partial charge in [-0.2, -0.15) is 5.10 Å². The van der Waals surface area contributed by atoms with Crippen LogP contribution in [0.1, 0.15) is 38.7 Å². The molecule has 0 saturated carbocycles. The summed E-state index contributed by atoms with van der Waals surface area (Å²) in [6.07, 6.45) is 8.32. The largest absolute Gasteiger partial charge is 0.373 e. The Hall–Kier alpha value is -1.56. The van der Waals surface area contributed by atoms with Crippen molar-refractivity contribution in [3.63, 3.8) is 0 Å². The highest BCUT2D eigenvalue weighted by molar-refractivity contribution is 5.79. The lowest BCUT2D eigenvalue weighted by Crippen LogP contribution is -2.39. The van der Waals surface area contributed by atoms with Gasteiger partial charge in [-0.25, -0.2) is 0 Å². The number of guanidine groups is 1. The fraction of sp³-hybridized carbons (Fsp3) is 0.750. The van der Waals surface area contributed by atoms with E-state index in [4.69, 9.17) is 4.74 Å². The Morgan fingerprint density at radius 2 is 2.36 bits per heavy atom. The van der Waals surface area contributed by atoms with E-state index in [0.717, 1.165) is 51.3 Å². The molecule has 2 rings (SSSR count). The molecule has 0 aromatic carbocycles. The number of hydrogen-bond acceptors (Lipinski definition) is 3. The predicted octanol–water partition coefficient (Wildman–Crippen LogP) is 1.48. The second-order valence-electron chi connectivity index (χ2n) is 6.15. The van der Waals surface area contributed by atoms with Gasteiger partial charge in [0.2, 0.25) is 0 Å². The standard InChI is InChI=1S/C16H29N5O/c1-4-17-15(19-13-16(2)8-6-10-22-16)18-9-5-7-14-11-20-21(3)12-14/h11-12H,4-10,13H2,1-3H3,(H2,17,18,19). The highest BCUT2D eigenvalue weighted by Crippen LogP contribution is 2.24. The molecular weight excluding hydrogens is 278 g/mol. The first kappa shape index (κ1) is 16.8. The highest BCUT2D eigenvalue weighted by atomic mass is 16.5. The van der Waals surface area contributed by atoms with Crippen LogP contribution < -0.4 is 10.6 Å². The van der Waals surface area contributed by atoms with Crippen molar-refractivity contribution in [1.29, 1.82) is 0 Å². The Labute approximate surface area is 133 Å². The van der Waals surface area contributed by atoms with E-state index in [9.17, 15) is 0 Å². The number of nitrogens with one attached hydrogen (secondary N) is 2. The molecule has 1 atom stereocenters. The molecule has 1 aromatic heterocycles. The molecule has 6 heteroatoms. The number of aromatic nitrogens is 2. The monoisotopic (exact) mass is 307 g/mol. The van der Waals surface area contributed by atoms with Crippen molar-refractivity contribution in [2.24, 2.45) is 12.0 Å². The average Bonchev–Trinajstić information content (AvgIpc) is 3.10. The molecule has 0 amide bonds. The lowest BCUT2D eigenvalue weighted by atomic mass is 10.0. The molecule has 2 N–H and O–H groups in total. The predicted molar refractivity (Wildman–Crippen MR) is 89.1 cm³/mol. The first-order valence-corrected chi connectivity index (χ1v) is 8.25. The average molecular weight is 307 g/mol. The molecule has 22 heavy (non-hydrogen) atoms. The zero-order chi connectivity index (χ0) is 15.8. The van der Waals surface area contributed by atoms with Crippen LogP contribution in [0.2, 0.25) is 0 Å². The molecule has 2 heterocycles. The molecule has 6 nitrogen and oxygen atoms in total. The van der Waals surface area contributed by atoms with Gasteiger partial charge in [-0.15, -0.1) is 0 Å². The van der Waals surface area contributed by atoms with Gasteiger partial charge in [0.05, 0.1) is 18.3 Å². The summed E-state index contributed by atoms with van der Waals surface area (Å²) >= 11 is 0. The zero-order valence-electron chi connectivity index (χ0n) is 14.1. The summed E-state index contributed by atoms with van der Waals surface area (Å²) in [6, 6.07) is 0. The summed E-state index contributed by atoms with van der Waals surface area (Å²) in [5.41, 5.74) is 1.19. The molecule has 1 aliphatic heterocycles. The van der Waals surface area contributed by atoms with Gasteiger partial charge in [0.1, 0.15) is 0 Å². The van der Waals surface area contributed by atoms with Gasteiger partial charge in [0.15, 0.2) is 5.96 Å². The van der Waals surface area contributed by atoms with Crippen LogP contribution in [-0.2, 0) is 18.2 Å². The van der Waals surface area contributed by atoms with Crippen molar-refractivity contribution in [3.8, 4) is 0 Å². The van der Waals surface area contributed by atoms with Crippen LogP contribution in [-0.4, -0.2) is 47.6 Å². The maximum Gasteiger partial charge on any atom is 0.191 e. The van der Waals surface area contributed by atoms with Crippen LogP contribution in [0.25, 0.3) is 0 Å². The molecule has 1 aliphatic rings. The third-order valence-corrected chi connectivity index (χ3v) is 3.91. The van der Waals surface area contributed by atoms with E-state index in [-0.39, 0.29) is 5.60 Å². The molecule has 0 radical (unpaired) electrons. The van der Waals surface area contributed by atoms with E-state index in [2.05, 4.69) is 40.8 Å². The first-order valence-electron chi connectivity index (χ1n) is 8.25. The third-order valence-electron chi connectivity index (χ3n) is 3.91. The number of rotatable bonds is 7. The summed E-state index contributed by atoms with van der Waals surface area (Å²) in [6.45, 7) is 7.58. The van der Waals surface area contributed by atoms with Crippen LogP contribution in [0.3, 0.4) is 0 Å². The van der Waals surface area contributed by atoms with Gasteiger partial charge in [0, 0.05) is 32.9 Å². The van der Waals surface area contributed by atoms with Crippen molar-refractivity contribution in [1.82, 2.24) is 20.4 Å².